The highest BCUT2D eigenvalue weighted by Gasteiger charge is 2.38. The highest BCUT2D eigenvalue weighted by molar-refractivity contribution is 5.78. The molecule has 1 aromatic rings. The van der Waals surface area contributed by atoms with E-state index in [1.165, 1.54) is 31.7 Å². The highest BCUT2D eigenvalue weighted by atomic mass is 19.1. The summed E-state index contributed by atoms with van der Waals surface area (Å²) in [5.41, 5.74) is 6.96. The van der Waals surface area contributed by atoms with E-state index >= 15 is 0 Å². The number of guanidine groups is 1. The first-order valence-electron chi connectivity index (χ1n) is 7.07. The molecule has 0 aliphatic heterocycles. The van der Waals surface area contributed by atoms with Crippen LogP contribution >= 0.6 is 0 Å². The summed E-state index contributed by atoms with van der Waals surface area (Å²) < 4.78 is 13.1. The summed E-state index contributed by atoms with van der Waals surface area (Å²) in [4.78, 5) is 4.50. The molecule has 0 amide bonds. The monoisotopic (exact) mass is 261 g/mol. The number of nitrogens with one attached hydrogen (secondary N) is 1. The van der Waals surface area contributed by atoms with Gasteiger partial charge >= 0.3 is 0 Å². The minimum Gasteiger partial charge on any atom is -0.370 e. The summed E-state index contributed by atoms with van der Waals surface area (Å²) in [6.07, 6.45) is 5.90. The molecular formula is C15H20FN3. The van der Waals surface area contributed by atoms with Crippen molar-refractivity contribution < 1.29 is 4.39 Å². The number of nitrogens with two attached hydrogens (primary N) is 1. The zero-order chi connectivity index (χ0) is 13.2. The molecule has 0 spiro atoms. The average Bonchev–Trinajstić information content (AvgIpc) is 2.94. The Morgan fingerprint density at radius 1 is 1.32 bits per heavy atom. The van der Waals surface area contributed by atoms with Gasteiger partial charge in [-0.25, -0.2) is 9.38 Å². The maximum atomic E-state index is 13.1. The summed E-state index contributed by atoms with van der Waals surface area (Å²) in [7, 11) is 0. The second kappa shape index (κ2) is 5.19. The number of benzene rings is 1. The van der Waals surface area contributed by atoms with Crippen LogP contribution in [0.2, 0.25) is 0 Å². The predicted octanol–water partition coefficient (Wildman–Crippen LogP) is 2.53. The van der Waals surface area contributed by atoms with Gasteiger partial charge in [-0.2, -0.15) is 0 Å². The van der Waals surface area contributed by atoms with E-state index in [9.17, 15) is 4.39 Å². The Hall–Kier alpha value is -1.58. The minimum atomic E-state index is -0.177. The molecule has 2 saturated carbocycles. The van der Waals surface area contributed by atoms with Crippen LogP contribution in [-0.2, 0) is 0 Å². The number of halogens is 1. The first kappa shape index (κ1) is 12.5. The van der Waals surface area contributed by atoms with E-state index in [1.807, 2.05) is 6.07 Å². The van der Waals surface area contributed by atoms with Crippen LogP contribution in [0.5, 0.6) is 0 Å². The fourth-order valence-corrected chi connectivity index (χ4v) is 2.91. The predicted molar refractivity (Wildman–Crippen MR) is 74.6 cm³/mol. The highest BCUT2D eigenvalue weighted by Crippen LogP contribution is 2.43. The van der Waals surface area contributed by atoms with E-state index in [-0.39, 0.29) is 11.9 Å². The van der Waals surface area contributed by atoms with E-state index in [4.69, 9.17) is 5.73 Å². The third-order valence-electron chi connectivity index (χ3n) is 4.05. The molecule has 2 aliphatic carbocycles. The molecular weight excluding hydrogens is 241 g/mol. The molecule has 2 aliphatic rings. The molecule has 2 unspecified atom stereocenters. The number of hydrogen-bond acceptors (Lipinski definition) is 1. The first-order chi connectivity index (χ1) is 9.22. The lowest BCUT2D eigenvalue weighted by atomic mass is 10.1. The lowest BCUT2D eigenvalue weighted by Crippen LogP contribution is -2.38. The summed E-state index contributed by atoms with van der Waals surface area (Å²) in [6, 6.07) is 7.50. The van der Waals surface area contributed by atoms with Gasteiger partial charge in [0.1, 0.15) is 5.82 Å². The van der Waals surface area contributed by atoms with Crippen LogP contribution in [-0.4, -0.2) is 18.0 Å². The van der Waals surface area contributed by atoms with Crippen LogP contribution < -0.4 is 11.1 Å². The second-order valence-corrected chi connectivity index (χ2v) is 5.60. The fourth-order valence-electron chi connectivity index (χ4n) is 2.91. The van der Waals surface area contributed by atoms with Crippen LogP contribution in [0.3, 0.4) is 0 Å². The molecule has 2 fully saturated rings. The summed E-state index contributed by atoms with van der Waals surface area (Å²) in [5.74, 6) is 0.708. The SMILES string of the molecule is NC(=NC1CC1c1cccc(F)c1)NC1CCCC1. The molecule has 3 N–H and O–H groups in total. The van der Waals surface area contributed by atoms with Gasteiger partial charge in [0, 0.05) is 12.0 Å². The molecule has 0 aromatic heterocycles. The molecule has 3 nitrogen and oxygen atoms in total. The van der Waals surface area contributed by atoms with Crippen LogP contribution in [0.4, 0.5) is 4.39 Å². The van der Waals surface area contributed by atoms with Gasteiger partial charge in [0.2, 0.25) is 0 Å². The molecule has 19 heavy (non-hydrogen) atoms. The van der Waals surface area contributed by atoms with Crippen molar-refractivity contribution >= 4 is 5.96 Å². The van der Waals surface area contributed by atoms with E-state index in [1.54, 1.807) is 12.1 Å². The fraction of sp³-hybridized carbons (Fsp3) is 0.533. The van der Waals surface area contributed by atoms with Crippen molar-refractivity contribution in [2.24, 2.45) is 10.7 Å². The molecule has 0 radical (unpaired) electrons. The molecule has 1 aromatic carbocycles. The van der Waals surface area contributed by atoms with Gasteiger partial charge in [0.25, 0.3) is 0 Å². The van der Waals surface area contributed by atoms with Crippen LogP contribution in [0, 0.1) is 5.82 Å². The van der Waals surface area contributed by atoms with Gasteiger partial charge in [-0.1, -0.05) is 25.0 Å². The topological polar surface area (TPSA) is 50.4 Å². The zero-order valence-electron chi connectivity index (χ0n) is 11.0. The Morgan fingerprint density at radius 2 is 2.11 bits per heavy atom. The number of nitrogens with zero attached hydrogens (tertiary/aromatic N) is 1. The molecule has 2 atom stereocenters. The number of rotatable bonds is 3. The van der Waals surface area contributed by atoms with Crippen molar-refractivity contribution in [1.82, 2.24) is 5.32 Å². The lowest BCUT2D eigenvalue weighted by molar-refractivity contribution is 0.624. The Balaban J connectivity index is 1.57. The zero-order valence-corrected chi connectivity index (χ0v) is 11.0. The molecule has 3 rings (SSSR count). The van der Waals surface area contributed by atoms with Gasteiger partial charge < -0.3 is 11.1 Å². The minimum absolute atomic E-state index is 0.177. The van der Waals surface area contributed by atoms with E-state index in [0.29, 0.717) is 17.9 Å². The van der Waals surface area contributed by atoms with E-state index in [0.717, 1.165) is 12.0 Å². The molecule has 0 heterocycles. The van der Waals surface area contributed by atoms with Gasteiger partial charge in [0.15, 0.2) is 5.96 Å². The van der Waals surface area contributed by atoms with E-state index < -0.39 is 0 Å². The average molecular weight is 261 g/mol. The van der Waals surface area contributed by atoms with Gasteiger partial charge in [-0.05, 0) is 37.0 Å². The first-order valence-corrected chi connectivity index (χ1v) is 7.07. The van der Waals surface area contributed by atoms with Crippen molar-refractivity contribution in [3.8, 4) is 0 Å². The maximum absolute atomic E-state index is 13.1. The number of hydrogen-bond donors (Lipinski definition) is 2. The van der Waals surface area contributed by atoms with E-state index in [2.05, 4.69) is 10.3 Å². The molecule has 0 saturated heterocycles. The van der Waals surface area contributed by atoms with Gasteiger partial charge in [-0.3, -0.25) is 0 Å². The smallest absolute Gasteiger partial charge is 0.189 e. The second-order valence-electron chi connectivity index (χ2n) is 5.60. The third-order valence-corrected chi connectivity index (χ3v) is 4.05. The van der Waals surface area contributed by atoms with Crippen molar-refractivity contribution in [3.63, 3.8) is 0 Å². The van der Waals surface area contributed by atoms with Crippen LogP contribution in [0.1, 0.15) is 43.6 Å². The standard InChI is InChI=1S/C15H20FN3/c16-11-5-3-4-10(8-11)13-9-14(13)19-15(17)18-12-6-1-2-7-12/h3-5,8,12-14H,1-2,6-7,9H2,(H3,17,18,19). The van der Waals surface area contributed by atoms with Crippen molar-refractivity contribution in [1.29, 1.82) is 0 Å². The summed E-state index contributed by atoms with van der Waals surface area (Å²) >= 11 is 0. The Morgan fingerprint density at radius 3 is 2.84 bits per heavy atom. The Labute approximate surface area is 113 Å². The summed E-state index contributed by atoms with van der Waals surface area (Å²) in [6.45, 7) is 0. The number of aliphatic imine (C=N–C) groups is 1. The Bertz CT molecular complexity index is 480. The largest absolute Gasteiger partial charge is 0.370 e. The third kappa shape index (κ3) is 3.06. The maximum Gasteiger partial charge on any atom is 0.189 e. The summed E-state index contributed by atoms with van der Waals surface area (Å²) in [5, 5.41) is 3.29. The van der Waals surface area contributed by atoms with Gasteiger partial charge in [-0.15, -0.1) is 0 Å². The molecule has 4 heteroatoms. The van der Waals surface area contributed by atoms with Crippen LogP contribution in [0.25, 0.3) is 0 Å². The van der Waals surface area contributed by atoms with Crippen molar-refractivity contribution in [2.45, 2.75) is 50.1 Å². The normalized spacial score (nSPS) is 27.5. The molecule has 102 valence electrons. The Kier molecular flexibility index (Phi) is 3.40. The molecule has 0 bridgehead atoms. The van der Waals surface area contributed by atoms with Crippen molar-refractivity contribution in [3.05, 3.63) is 35.6 Å². The van der Waals surface area contributed by atoms with Crippen molar-refractivity contribution in [2.75, 3.05) is 0 Å². The van der Waals surface area contributed by atoms with Crippen LogP contribution in [0.15, 0.2) is 29.3 Å². The lowest BCUT2D eigenvalue weighted by Gasteiger charge is -2.12. The van der Waals surface area contributed by atoms with Gasteiger partial charge in [0.05, 0.1) is 6.04 Å². The quantitative estimate of drug-likeness (QED) is 0.649.